The number of anilines is 1. The first-order valence-corrected chi connectivity index (χ1v) is 11.7. The summed E-state index contributed by atoms with van der Waals surface area (Å²) in [7, 11) is 0. The third kappa shape index (κ3) is 4.23. The normalized spacial score (nSPS) is 19.0. The highest BCUT2D eigenvalue weighted by Crippen LogP contribution is 2.35. The van der Waals surface area contributed by atoms with Crippen LogP contribution in [0, 0.1) is 6.92 Å². The Hall–Kier alpha value is -2.90. The molecule has 1 atom stereocenters. The van der Waals surface area contributed by atoms with Gasteiger partial charge in [0.15, 0.2) is 0 Å². The number of nitrogens with zero attached hydrogens (tertiary/aromatic N) is 4. The highest BCUT2D eigenvalue weighted by Gasteiger charge is 2.27. The van der Waals surface area contributed by atoms with Crippen molar-refractivity contribution in [3.63, 3.8) is 0 Å². The lowest BCUT2D eigenvalue weighted by Crippen LogP contribution is -2.45. The Morgan fingerprint density at radius 1 is 1.24 bits per heavy atom. The Morgan fingerprint density at radius 3 is 2.82 bits per heavy atom. The van der Waals surface area contributed by atoms with Crippen LogP contribution in [0.4, 0.5) is 5.69 Å². The van der Waals surface area contributed by atoms with E-state index in [1.807, 2.05) is 42.3 Å². The zero-order valence-electron chi connectivity index (χ0n) is 18.9. The van der Waals surface area contributed by atoms with Crippen molar-refractivity contribution in [2.45, 2.75) is 39.2 Å². The summed E-state index contributed by atoms with van der Waals surface area (Å²) in [6, 6.07) is 9.84. The number of morpholine rings is 1. The van der Waals surface area contributed by atoms with Crippen molar-refractivity contribution in [3.8, 4) is 11.3 Å². The Kier molecular flexibility index (Phi) is 5.85. The zero-order chi connectivity index (χ0) is 23.1. The van der Waals surface area contributed by atoms with Crippen LogP contribution in [0.5, 0.6) is 0 Å². The van der Waals surface area contributed by atoms with Gasteiger partial charge in [-0.1, -0.05) is 11.6 Å². The van der Waals surface area contributed by atoms with E-state index in [4.69, 9.17) is 21.3 Å². The molecule has 2 saturated heterocycles. The average Bonchev–Trinajstić information content (AvgIpc) is 3.37. The largest absolute Gasteiger partial charge is 0.374 e. The van der Waals surface area contributed by atoms with Crippen molar-refractivity contribution in [1.29, 1.82) is 0 Å². The molecular weight excluding hydrogens is 440 g/mol. The Bertz CT molecular complexity index is 1240. The number of halogens is 1. The molecule has 0 spiro atoms. The molecular formula is C25H27ClN4O3. The van der Waals surface area contributed by atoms with Gasteiger partial charge in [-0.25, -0.2) is 4.98 Å². The van der Waals surface area contributed by atoms with Crippen molar-refractivity contribution in [2.75, 3.05) is 31.1 Å². The third-order valence-corrected chi connectivity index (χ3v) is 6.79. The Morgan fingerprint density at radius 2 is 2.09 bits per heavy atom. The topological polar surface area (TPSA) is 67.2 Å². The molecule has 4 heterocycles. The summed E-state index contributed by atoms with van der Waals surface area (Å²) in [5.41, 5.74) is 5.40. The van der Waals surface area contributed by atoms with Gasteiger partial charge in [0, 0.05) is 56.8 Å². The van der Waals surface area contributed by atoms with Gasteiger partial charge < -0.3 is 18.9 Å². The highest BCUT2D eigenvalue weighted by molar-refractivity contribution is 6.33. The second-order valence-corrected chi connectivity index (χ2v) is 9.22. The maximum absolute atomic E-state index is 12.2. The van der Waals surface area contributed by atoms with E-state index in [0.29, 0.717) is 37.6 Å². The minimum atomic E-state index is -0.122. The van der Waals surface area contributed by atoms with Crippen LogP contribution >= 0.6 is 11.6 Å². The fraction of sp³-hybridized carbons (Fsp3) is 0.400. The van der Waals surface area contributed by atoms with Crippen LogP contribution in [0.2, 0.25) is 5.02 Å². The first-order chi connectivity index (χ1) is 15.9. The summed E-state index contributed by atoms with van der Waals surface area (Å²) >= 11 is 6.76. The Labute approximate surface area is 197 Å². The highest BCUT2D eigenvalue weighted by atomic mass is 35.5. The first-order valence-electron chi connectivity index (χ1n) is 11.4. The van der Waals surface area contributed by atoms with Gasteiger partial charge in [0.25, 0.3) is 0 Å². The summed E-state index contributed by atoms with van der Waals surface area (Å²) in [5.74, 6) is 0.194. The van der Waals surface area contributed by atoms with E-state index in [1.165, 1.54) is 0 Å². The molecule has 2 amide bonds. The number of imidazole rings is 1. The quantitative estimate of drug-likeness (QED) is 0.585. The minimum Gasteiger partial charge on any atom is -0.374 e. The number of pyridine rings is 1. The molecule has 1 unspecified atom stereocenters. The molecule has 7 nitrogen and oxygen atoms in total. The molecule has 3 aromatic rings. The van der Waals surface area contributed by atoms with Crippen molar-refractivity contribution in [1.82, 2.24) is 14.3 Å². The first kappa shape index (κ1) is 21.9. The van der Waals surface area contributed by atoms with Crippen LogP contribution in [-0.4, -0.2) is 58.4 Å². The third-order valence-electron chi connectivity index (χ3n) is 6.48. The van der Waals surface area contributed by atoms with E-state index < -0.39 is 0 Å². The van der Waals surface area contributed by atoms with Gasteiger partial charge in [0.05, 0.1) is 29.1 Å². The molecule has 0 saturated carbocycles. The van der Waals surface area contributed by atoms with E-state index in [1.54, 1.807) is 11.8 Å². The van der Waals surface area contributed by atoms with Gasteiger partial charge in [-0.15, -0.1) is 0 Å². The zero-order valence-corrected chi connectivity index (χ0v) is 19.6. The number of amides is 2. The summed E-state index contributed by atoms with van der Waals surface area (Å²) in [4.78, 5) is 32.6. The number of hydrogen-bond donors (Lipinski definition) is 0. The van der Waals surface area contributed by atoms with E-state index >= 15 is 0 Å². The van der Waals surface area contributed by atoms with Crippen LogP contribution in [0.25, 0.3) is 16.9 Å². The van der Waals surface area contributed by atoms with Gasteiger partial charge in [-0.3, -0.25) is 9.59 Å². The number of ether oxygens (including phenoxy) is 1. The molecule has 0 aliphatic carbocycles. The van der Waals surface area contributed by atoms with Crippen LogP contribution in [0.1, 0.15) is 31.0 Å². The van der Waals surface area contributed by atoms with Crippen LogP contribution in [-0.2, 0) is 20.7 Å². The van der Waals surface area contributed by atoms with Gasteiger partial charge in [-0.2, -0.15) is 0 Å². The van der Waals surface area contributed by atoms with E-state index in [2.05, 4.69) is 10.5 Å². The molecule has 8 heteroatoms. The predicted molar refractivity (Wildman–Crippen MR) is 128 cm³/mol. The molecule has 2 fully saturated rings. The van der Waals surface area contributed by atoms with Gasteiger partial charge >= 0.3 is 0 Å². The van der Waals surface area contributed by atoms with Gasteiger partial charge in [0.1, 0.15) is 5.65 Å². The molecule has 0 N–H and O–H groups in total. The summed E-state index contributed by atoms with van der Waals surface area (Å²) < 4.78 is 8.09. The number of hydrogen-bond acceptors (Lipinski definition) is 4. The molecule has 172 valence electrons. The van der Waals surface area contributed by atoms with Crippen molar-refractivity contribution in [2.24, 2.45) is 0 Å². The van der Waals surface area contributed by atoms with Crippen molar-refractivity contribution >= 4 is 34.7 Å². The van der Waals surface area contributed by atoms with Crippen molar-refractivity contribution < 1.29 is 14.3 Å². The molecule has 5 rings (SSSR count). The molecule has 0 radical (unpaired) electrons. The molecule has 0 bridgehead atoms. The number of aromatic nitrogens is 2. The van der Waals surface area contributed by atoms with Crippen LogP contribution in [0.15, 0.2) is 36.5 Å². The number of carbonyl (C=O) groups is 2. The number of rotatable bonds is 4. The number of fused-ring (bicyclic) bond motifs is 1. The maximum atomic E-state index is 12.2. The number of benzene rings is 1. The second-order valence-electron chi connectivity index (χ2n) is 8.81. The summed E-state index contributed by atoms with van der Waals surface area (Å²) in [6.45, 7) is 6.05. The fourth-order valence-electron chi connectivity index (χ4n) is 4.74. The number of aryl methyl sites for hydroxylation is 1. The smallest absolute Gasteiger partial charge is 0.227 e. The number of carbonyl (C=O) groups excluding carboxylic acids is 2. The lowest BCUT2D eigenvalue weighted by atomic mass is 10.0. The second kappa shape index (κ2) is 8.80. The summed E-state index contributed by atoms with van der Waals surface area (Å²) in [6.07, 6.45) is 3.95. The van der Waals surface area contributed by atoms with Gasteiger partial charge in [0.2, 0.25) is 11.8 Å². The standard InChI is InChI=1S/C25H27ClN4O3/c1-16-7-9-30-22(14-19-15-28(17(2)31)10-11-33-19)25(27-23(30)12-16)20-6-5-18(13-21(20)26)29-8-3-4-24(29)32/h5-7,9,12-13,19H,3-4,8,10-11,14-15H2,1-2H3. The van der Waals surface area contributed by atoms with Gasteiger partial charge in [-0.05, 0) is 49.2 Å². The van der Waals surface area contributed by atoms with Crippen molar-refractivity contribution in [3.05, 3.63) is 52.8 Å². The molecule has 33 heavy (non-hydrogen) atoms. The lowest BCUT2D eigenvalue weighted by molar-refractivity contribution is -0.136. The van der Waals surface area contributed by atoms with Crippen LogP contribution < -0.4 is 4.90 Å². The summed E-state index contributed by atoms with van der Waals surface area (Å²) in [5, 5.41) is 0.559. The lowest BCUT2D eigenvalue weighted by Gasteiger charge is -2.32. The maximum Gasteiger partial charge on any atom is 0.227 e. The van der Waals surface area contributed by atoms with E-state index in [-0.39, 0.29) is 17.9 Å². The SMILES string of the molecule is CC(=O)N1CCOC(Cc2c(-c3ccc(N4CCCC4=O)cc3Cl)nc3cc(C)ccn23)C1. The fourth-order valence-corrected chi connectivity index (χ4v) is 5.00. The molecule has 1 aromatic carbocycles. The predicted octanol–water partition coefficient (Wildman–Crippen LogP) is 3.88. The molecule has 2 aliphatic heterocycles. The van der Waals surface area contributed by atoms with E-state index in [0.717, 1.165) is 46.8 Å². The Balaban J connectivity index is 1.54. The molecule has 2 aromatic heterocycles. The van der Waals surface area contributed by atoms with Crippen LogP contribution in [0.3, 0.4) is 0 Å². The minimum absolute atomic E-state index is 0.0624. The molecule has 2 aliphatic rings. The van der Waals surface area contributed by atoms with E-state index in [9.17, 15) is 9.59 Å². The average molecular weight is 467 g/mol. The monoisotopic (exact) mass is 466 g/mol.